The summed E-state index contributed by atoms with van der Waals surface area (Å²) in [5.41, 5.74) is 10.4. The largest absolute Gasteiger partial charge is 0.473 e. The Morgan fingerprint density at radius 1 is 0.595 bits per heavy atom. The van der Waals surface area contributed by atoms with Crippen LogP contribution in [0.25, 0.3) is 0 Å². The molecule has 0 aromatic heterocycles. The summed E-state index contributed by atoms with van der Waals surface area (Å²) < 4.78 is 38.5. The minimum atomic E-state index is -3.63. The summed E-state index contributed by atoms with van der Waals surface area (Å²) in [5, 5.41) is 0. The van der Waals surface area contributed by atoms with Crippen molar-refractivity contribution in [3.05, 3.63) is 113 Å². The van der Waals surface area contributed by atoms with Crippen molar-refractivity contribution in [2.24, 2.45) is 5.73 Å². The van der Waals surface area contributed by atoms with E-state index in [1.54, 1.807) is 36.4 Å². The Morgan fingerprint density at radius 3 is 1.45 bits per heavy atom. The zero-order chi connectivity index (χ0) is 31.1. The molecule has 42 heavy (non-hydrogen) atoms. The van der Waals surface area contributed by atoms with E-state index >= 15 is 0 Å². The standard InChI is InChI=1S/C36H43NO4S/c1-24-22-27(35(6,7)28-13-21-33(25(2)23-28)41-36(8,9)37)12-20-32(24)40-29-14-18-31(19-15-29)42(38,39)30-16-10-26(11-17-30)34(3,4)5/h10-23H,37H2,1-9H3. The van der Waals surface area contributed by atoms with Crippen molar-refractivity contribution in [1.29, 1.82) is 0 Å². The number of nitrogens with two attached hydrogens (primary N) is 1. The van der Waals surface area contributed by atoms with Gasteiger partial charge in [-0.2, -0.15) is 0 Å². The SMILES string of the molecule is Cc1cc(C(C)(C)c2ccc(OC(C)(C)N)c(C)c2)ccc1Oc1ccc(S(=O)(=O)c2ccc(C(C)(C)C)cc2)cc1. The summed E-state index contributed by atoms with van der Waals surface area (Å²) in [4.78, 5) is 0.507. The molecule has 0 bridgehead atoms. The number of aryl methyl sites for hydroxylation is 2. The number of sulfone groups is 1. The van der Waals surface area contributed by atoms with Crippen molar-refractivity contribution in [3.63, 3.8) is 0 Å². The fourth-order valence-corrected chi connectivity index (χ4v) is 6.10. The van der Waals surface area contributed by atoms with Gasteiger partial charge in [-0.3, -0.25) is 5.73 Å². The number of hydrogen-bond acceptors (Lipinski definition) is 5. The lowest BCUT2D eigenvalue weighted by Crippen LogP contribution is -2.38. The third kappa shape index (κ3) is 6.88. The molecule has 0 aliphatic rings. The predicted octanol–water partition coefficient (Wildman–Crippen LogP) is 8.63. The molecule has 4 aromatic rings. The van der Waals surface area contributed by atoms with E-state index in [1.807, 2.05) is 52.0 Å². The van der Waals surface area contributed by atoms with E-state index in [9.17, 15) is 8.42 Å². The van der Waals surface area contributed by atoms with Crippen molar-refractivity contribution in [1.82, 2.24) is 0 Å². The topological polar surface area (TPSA) is 78.6 Å². The zero-order valence-electron chi connectivity index (χ0n) is 26.2. The second kappa shape index (κ2) is 11.2. The van der Waals surface area contributed by atoms with E-state index in [-0.39, 0.29) is 20.6 Å². The Hall–Kier alpha value is -3.61. The van der Waals surface area contributed by atoms with Crippen LogP contribution in [0.5, 0.6) is 17.2 Å². The molecule has 0 heterocycles. The van der Waals surface area contributed by atoms with Gasteiger partial charge in [0.1, 0.15) is 17.2 Å². The summed E-state index contributed by atoms with van der Waals surface area (Å²) in [6.07, 6.45) is 0. The highest BCUT2D eigenvalue weighted by Gasteiger charge is 2.26. The van der Waals surface area contributed by atoms with Crippen LogP contribution in [0.1, 0.15) is 76.3 Å². The maximum atomic E-state index is 13.2. The van der Waals surface area contributed by atoms with Gasteiger partial charge < -0.3 is 9.47 Å². The molecule has 4 aromatic carbocycles. The highest BCUT2D eigenvalue weighted by atomic mass is 32.2. The first-order chi connectivity index (χ1) is 19.4. The van der Waals surface area contributed by atoms with Gasteiger partial charge in [0.15, 0.2) is 5.72 Å². The van der Waals surface area contributed by atoms with Gasteiger partial charge in [0.25, 0.3) is 0 Å². The molecule has 0 fully saturated rings. The number of rotatable bonds is 8. The molecule has 4 rings (SSSR count). The van der Waals surface area contributed by atoms with E-state index in [2.05, 4.69) is 58.9 Å². The first-order valence-electron chi connectivity index (χ1n) is 14.2. The molecule has 5 nitrogen and oxygen atoms in total. The molecule has 0 amide bonds. The van der Waals surface area contributed by atoms with Crippen molar-refractivity contribution in [3.8, 4) is 17.2 Å². The van der Waals surface area contributed by atoms with Crippen molar-refractivity contribution in [2.45, 2.75) is 88.7 Å². The summed E-state index contributed by atoms with van der Waals surface area (Å²) in [5.74, 6) is 2.06. The molecule has 0 atom stereocenters. The summed E-state index contributed by atoms with van der Waals surface area (Å²) >= 11 is 0. The average Bonchev–Trinajstić information content (AvgIpc) is 2.90. The van der Waals surface area contributed by atoms with Crippen LogP contribution >= 0.6 is 0 Å². The Morgan fingerprint density at radius 2 is 1.02 bits per heavy atom. The first-order valence-corrected chi connectivity index (χ1v) is 15.7. The van der Waals surface area contributed by atoms with E-state index in [0.717, 1.165) is 28.0 Å². The molecule has 0 unspecified atom stereocenters. The minimum absolute atomic E-state index is 0.0461. The van der Waals surface area contributed by atoms with Crippen LogP contribution in [0.2, 0.25) is 0 Å². The Balaban J connectivity index is 1.51. The highest BCUT2D eigenvalue weighted by Crippen LogP contribution is 2.37. The van der Waals surface area contributed by atoms with Crippen LogP contribution < -0.4 is 15.2 Å². The third-order valence-corrected chi connectivity index (χ3v) is 9.34. The molecule has 0 radical (unpaired) electrons. The van der Waals surface area contributed by atoms with Gasteiger partial charge >= 0.3 is 0 Å². The first kappa shape index (κ1) is 31.3. The lowest BCUT2D eigenvalue weighted by molar-refractivity contribution is 0.116. The van der Waals surface area contributed by atoms with Gasteiger partial charge in [-0.05, 0) is 109 Å². The van der Waals surface area contributed by atoms with Crippen LogP contribution in [0, 0.1) is 13.8 Å². The number of hydrogen-bond donors (Lipinski definition) is 1. The smallest absolute Gasteiger partial charge is 0.206 e. The van der Waals surface area contributed by atoms with E-state index in [0.29, 0.717) is 11.5 Å². The molecule has 0 spiro atoms. The third-order valence-electron chi connectivity index (χ3n) is 7.56. The van der Waals surface area contributed by atoms with Gasteiger partial charge in [-0.1, -0.05) is 71.0 Å². The fourth-order valence-electron chi connectivity index (χ4n) is 4.84. The molecule has 2 N–H and O–H groups in total. The molecular weight excluding hydrogens is 542 g/mol. The van der Waals surface area contributed by atoms with Crippen LogP contribution in [-0.4, -0.2) is 14.1 Å². The fraction of sp³-hybridized carbons (Fsp3) is 0.333. The molecule has 0 aliphatic heterocycles. The van der Waals surface area contributed by atoms with Crippen LogP contribution in [-0.2, 0) is 20.7 Å². The monoisotopic (exact) mass is 585 g/mol. The molecule has 0 saturated carbocycles. The van der Waals surface area contributed by atoms with Crippen molar-refractivity contribution in [2.75, 3.05) is 0 Å². The van der Waals surface area contributed by atoms with E-state index in [4.69, 9.17) is 15.2 Å². The van der Waals surface area contributed by atoms with Crippen molar-refractivity contribution < 1.29 is 17.9 Å². The van der Waals surface area contributed by atoms with Gasteiger partial charge in [0.05, 0.1) is 9.79 Å². The highest BCUT2D eigenvalue weighted by molar-refractivity contribution is 7.91. The van der Waals surface area contributed by atoms with Crippen LogP contribution in [0.3, 0.4) is 0 Å². The Labute approximate surface area is 251 Å². The summed E-state index contributed by atoms with van der Waals surface area (Å²) in [7, 11) is -3.63. The predicted molar refractivity (Wildman–Crippen MR) is 170 cm³/mol. The lowest BCUT2D eigenvalue weighted by atomic mass is 9.77. The van der Waals surface area contributed by atoms with Crippen molar-refractivity contribution >= 4 is 9.84 Å². The number of ether oxygens (including phenoxy) is 2. The molecule has 222 valence electrons. The molecule has 6 heteroatoms. The average molecular weight is 586 g/mol. The zero-order valence-corrected chi connectivity index (χ0v) is 27.0. The quantitative estimate of drug-likeness (QED) is 0.209. The second-order valence-corrected chi connectivity index (χ2v) is 15.1. The van der Waals surface area contributed by atoms with Gasteiger partial charge in [-0.25, -0.2) is 8.42 Å². The van der Waals surface area contributed by atoms with E-state index < -0.39 is 15.6 Å². The van der Waals surface area contributed by atoms with Gasteiger partial charge in [-0.15, -0.1) is 0 Å². The normalized spacial score (nSPS) is 12.7. The van der Waals surface area contributed by atoms with Gasteiger partial charge in [0, 0.05) is 5.41 Å². The Bertz CT molecular complexity index is 1670. The lowest BCUT2D eigenvalue weighted by Gasteiger charge is -2.29. The van der Waals surface area contributed by atoms with Gasteiger partial charge in [0.2, 0.25) is 9.84 Å². The molecular formula is C36H43NO4S. The maximum absolute atomic E-state index is 13.2. The van der Waals surface area contributed by atoms with E-state index in [1.165, 1.54) is 5.56 Å². The Kier molecular flexibility index (Phi) is 8.38. The molecule has 0 saturated heterocycles. The minimum Gasteiger partial charge on any atom is -0.473 e. The maximum Gasteiger partial charge on any atom is 0.206 e. The number of benzene rings is 4. The molecule has 0 aliphatic carbocycles. The summed E-state index contributed by atoms with van der Waals surface area (Å²) in [6.45, 7) is 18.4. The second-order valence-electron chi connectivity index (χ2n) is 13.1. The van der Waals surface area contributed by atoms with Crippen LogP contribution in [0.4, 0.5) is 0 Å². The summed E-state index contributed by atoms with van der Waals surface area (Å²) in [6, 6.07) is 26.1. The van der Waals surface area contributed by atoms with Crippen LogP contribution in [0.15, 0.2) is 94.7 Å².